The van der Waals surface area contributed by atoms with Crippen molar-refractivity contribution in [1.82, 2.24) is 5.32 Å². The Bertz CT molecular complexity index is 23.0. The predicted octanol–water partition coefficient (Wildman–Crippen LogP) is -0.0554. The van der Waals surface area contributed by atoms with Crippen LogP contribution < -0.4 is 5.32 Å². The largest absolute Gasteiger partial charge is 0.378 e. The SMILES string of the molecule is [CH]1COC[CH][N]1. The first-order valence-electron chi connectivity index (χ1n) is 1.91. The monoisotopic (exact) mass is 84.0 g/mol. The molecule has 0 amide bonds. The lowest BCUT2D eigenvalue weighted by Crippen LogP contribution is -2.14. The van der Waals surface area contributed by atoms with Gasteiger partial charge in [0.1, 0.15) is 0 Å². The zero-order valence-electron chi connectivity index (χ0n) is 3.42. The molecule has 3 radical (unpaired) electrons. The molecule has 0 aromatic heterocycles. The minimum absolute atomic E-state index is 0.677. The van der Waals surface area contributed by atoms with Crippen LogP contribution in [-0.2, 0) is 4.74 Å². The molecule has 2 heteroatoms. The van der Waals surface area contributed by atoms with Gasteiger partial charge in [-0.3, -0.25) is 0 Å². The van der Waals surface area contributed by atoms with Crippen molar-refractivity contribution < 1.29 is 4.74 Å². The van der Waals surface area contributed by atoms with Crippen molar-refractivity contribution in [2.75, 3.05) is 13.2 Å². The van der Waals surface area contributed by atoms with E-state index in [0.717, 1.165) is 0 Å². The van der Waals surface area contributed by atoms with E-state index < -0.39 is 0 Å². The average molecular weight is 84.1 g/mol. The van der Waals surface area contributed by atoms with E-state index in [9.17, 15) is 0 Å². The Morgan fingerprint density at radius 1 is 1.33 bits per heavy atom. The van der Waals surface area contributed by atoms with Crippen LogP contribution in [0.5, 0.6) is 0 Å². The predicted molar refractivity (Wildman–Crippen MR) is 21.6 cm³/mol. The molecule has 1 aliphatic heterocycles. The second-order valence-corrected chi connectivity index (χ2v) is 1.05. The molecule has 1 fully saturated rings. The van der Waals surface area contributed by atoms with Gasteiger partial charge in [0.25, 0.3) is 0 Å². The lowest BCUT2D eigenvalue weighted by molar-refractivity contribution is 0.146. The third-order valence-corrected chi connectivity index (χ3v) is 0.596. The molecule has 2 nitrogen and oxygen atoms in total. The van der Waals surface area contributed by atoms with Gasteiger partial charge >= 0.3 is 0 Å². The molecular formula is C4H6NO. The third-order valence-electron chi connectivity index (χ3n) is 0.596. The molecule has 0 bridgehead atoms. The van der Waals surface area contributed by atoms with Crippen molar-refractivity contribution in [3.63, 3.8) is 0 Å². The minimum Gasteiger partial charge on any atom is -0.378 e. The van der Waals surface area contributed by atoms with E-state index in [1.807, 2.05) is 0 Å². The molecule has 1 rings (SSSR count). The number of ether oxygens (including phenoxy) is 1. The molecule has 0 atom stereocenters. The van der Waals surface area contributed by atoms with Crippen LogP contribution in [0.15, 0.2) is 0 Å². The average Bonchev–Trinajstić information content (AvgIpc) is 1.72. The van der Waals surface area contributed by atoms with Crippen molar-refractivity contribution in [2.24, 2.45) is 0 Å². The van der Waals surface area contributed by atoms with Gasteiger partial charge in [-0.15, -0.1) is 0 Å². The molecule has 0 saturated carbocycles. The van der Waals surface area contributed by atoms with E-state index in [2.05, 4.69) is 5.32 Å². The van der Waals surface area contributed by atoms with Gasteiger partial charge in [0.2, 0.25) is 0 Å². The molecule has 0 N–H and O–H groups in total. The summed E-state index contributed by atoms with van der Waals surface area (Å²) in [5.41, 5.74) is 0. The second kappa shape index (κ2) is 2.16. The summed E-state index contributed by atoms with van der Waals surface area (Å²) in [6.07, 6.45) is 0. The van der Waals surface area contributed by atoms with Crippen molar-refractivity contribution in [2.45, 2.75) is 0 Å². The van der Waals surface area contributed by atoms with Gasteiger partial charge in [0.05, 0.1) is 26.3 Å². The first kappa shape index (κ1) is 4.09. The maximum absolute atomic E-state index is 4.86. The van der Waals surface area contributed by atoms with Crippen LogP contribution in [0.1, 0.15) is 0 Å². The highest BCUT2D eigenvalue weighted by atomic mass is 16.5. The summed E-state index contributed by atoms with van der Waals surface area (Å²) in [4.78, 5) is 0. The van der Waals surface area contributed by atoms with Crippen molar-refractivity contribution in [3.05, 3.63) is 13.1 Å². The summed E-state index contributed by atoms with van der Waals surface area (Å²) in [7, 11) is 0. The summed E-state index contributed by atoms with van der Waals surface area (Å²) in [5, 5.41) is 3.80. The minimum atomic E-state index is 0.677. The summed E-state index contributed by atoms with van der Waals surface area (Å²) < 4.78 is 4.86. The topological polar surface area (TPSA) is 23.3 Å². The van der Waals surface area contributed by atoms with E-state index in [1.54, 1.807) is 13.1 Å². The summed E-state index contributed by atoms with van der Waals surface area (Å²) >= 11 is 0. The van der Waals surface area contributed by atoms with Gasteiger partial charge in [-0.2, -0.15) is 0 Å². The molecule has 0 unspecified atom stereocenters. The maximum atomic E-state index is 4.86. The summed E-state index contributed by atoms with van der Waals surface area (Å²) in [6, 6.07) is 0. The standard InChI is InChI=1S/C4H6NO/c1-3-6-4-2-5-1/h1-2H,3-4H2. The number of nitrogens with zero attached hydrogens (tertiary/aromatic N) is 1. The quantitative estimate of drug-likeness (QED) is 0.403. The smallest absolute Gasteiger partial charge is 0.0676 e. The number of hydrogen-bond donors (Lipinski definition) is 0. The van der Waals surface area contributed by atoms with Crippen LogP contribution >= 0.6 is 0 Å². The Balaban J connectivity index is 2.00. The normalized spacial score (nSPS) is 24.0. The second-order valence-electron chi connectivity index (χ2n) is 1.05. The summed E-state index contributed by atoms with van der Waals surface area (Å²) in [5.74, 6) is 0. The Morgan fingerprint density at radius 2 is 2.00 bits per heavy atom. The highest BCUT2D eigenvalue weighted by Gasteiger charge is 1.96. The van der Waals surface area contributed by atoms with Crippen LogP contribution in [-0.4, -0.2) is 13.2 Å². The highest BCUT2D eigenvalue weighted by Crippen LogP contribution is 1.88. The molecule has 6 heavy (non-hydrogen) atoms. The molecule has 1 saturated heterocycles. The van der Waals surface area contributed by atoms with Crippen molar-refractivity contribution >= 4 is 0 Å². The fraction of sp³-hybridized carbons (Fsp3) is 0.500. The number of hydrogen-bond acceptors (Lipinski definition) is 1. The van der Waals surface area contributed by atoms with E-state index in [4.69, 9.17) is 4.74 Å². The first-order valence-corrected chi connectivity index (χ1v) is 1.91. The van der Waals surface area contributed by atoms with Gasteiger partial charge < -0.3 is 4.74 Å². The Labute approximate surface area is 37.5 Å². The van der Waals surface area contributed by atoms with Gasteiger partial charge in [-0.05, 0) is 0 Å². The molecule has 0 spiro atoms. The first-order chi connectivity index (χ1) is 3.00. The zero-order chi connectivity index (χ0) is 4.24. The molecule has 0 aromatic carbocycles. The van der Waals surface area contributed by atoms with Gasteiger partial charge in [-0.25, -0.2) is 5.32 Å². The molecule has 0 aliphatic carbocycles. The van der Waals surface area contributed by atoms with E-state index in [1.165, 1.54) is 0 Å². The molecule has 1 heterocycles. The van der Waals surface area contributed by atoms with Gasteiger partial charge in [-0.1, -0.05) is 0 Å². The Hall–Kier alpha value is -0.0800. The Kier molecular flexibility index (Phi) is 1.47. The van der Waals surface area contributed by atoms with E-state index in [-0.39, 0.29) is 0 Å². The fourth-order valence-corrected chi connectivity index (χ4v) is 0.334. The molecular weight excluding hydrogens is 78.0 g/mol. The maximum Gasteiger partial charge on any atom is 0.0676 e. The summed E-state index contributed by atoms with van der Waals surface area (Å²) in [6.45, 7) is 4.83. The van der Waals surface area contributed by atoms with Crippen LogP contribution in [0.4, 0.5) is 0 Å². The lowest BCUT2D eigenvalue weighted by atomic mass is 10.5. The number of morpholine rings is 1. The van der Waals surface area contributed by atoms with Crippen LogP contribution in [0.3, 0.4) is 0 Å². The van der Waals surface area contributed by atoms with Crippen LogP contribution in [0.25, 0.3) is 0 Å². The third kappa shape index (κ3) is 0.954. The van der Waals surface area contributed by atoms with Crippen molar-refractivity contribution in [3.8, 4) is 0 Å². The van der Waals surface area contributed by atoms with Crippen LogP contribution in [0, 0.1) is 13.1 Å². The lowest BCUT2D eigenvalue weighted by Gasteiger charge is -2.07. The molecule has 33 valence electrons. The van der Waals surface area contributed by atoms with Gasteiger partial charge in [0, 0.05) is 0 Å². The molecule has 0 aromatic rings. The zero-order valence-corrected chi connectivity index (χ0v) is 3.42. The molecule has 1 aliphatic rings. The Morgan fingerprint density at radius 3 is 2.17 bits per heavy atom. The number of rotatable bonds is 0. The highest BCUT2D eigenvalue weighted by molar-refractivity contribution is 4.72. The van der Waals surface area contributed by atoms with Crippen LogP contribution in [0.2, 0.25) is 0 Å². The fourth-order valence-electron chi connectivity index (χ4n) is 0.334. The van der Waals surface area contributed by atoms with Gasteiger partial charge in [0.15, 0.2) is 0 Å². The van der Waals surface area contributed by atoms with E-state index >= 15 is 0 Å². The van der Waals surface area contributed by atoms with Crippen molar-refractivity contribution in [1.29, 1.82) is 0 Å². The van der Waals surface area contributed by atoms with E-state index in [0.29, 0.717) is 13.2 Å².